The standard InChI is InChI=1S/C23H20O2S/c1-2-25-23(24)20-15-9-10-16-22(20)26-17-21(18-11-5-3-6-12-18)19-13-7-4-8-14-19/h3-17H,2H2,1H3. The van der Waals surface area contributed by atoms with Gasteiger partial charge in [-0.15, -0.1) is 0 Å². The largest absolute Gasteiger partial charge is 0.462 e. The number of rotatable bonds is 6. The highest BCUT2D eigenvalue weighted by Crippen LogP contribution is 2.31. The molecule has 0 aliphatic rings. The van der Waals surface area contributed by atoms with Crippen LogP contribution >= 0.6 is 11.8 Å². The van der Waals surface area contributed by atoms with E-state index in [2.05, 4.69) is 29.7 Å². The maximum Gasteiger partial charge on any atom is 0.339 e. The molecule has 0 aliphatic carbocycles. The molecule has 0 atom stereocenters. The number of hydrogen-bond acceptors (Lipinski definition) is 3. The molecule has 0 bridgehead atoms. The number of thioether (sulfide) groups is 1. The summed E-state index contributed by atoms with van der Waals surface area (Å²) in [4.78, 5) is 13.1. The van der Waals surface area contributed by atoms with E-state index >= 15 is 0 Å². The SMILES string of the molecule is CCOC(=O)c1ccccc1SC=C(c1ccccc1)c1ccccc1. The van der Waals surface area contributed by atoms with Gasteiger partial charge in [-0.05, 0) is 41.2 Å². The van der Waals surface area contributed by atoms with E-state index in [0.29, 0.717) is 12.2 Å². The summed E-state index contributed by atoms with van der Waals surface area (Å²) in [5.74, 6) is -0.287. The second-order valence-corrected chi connectivity index (χ2v) is 6.51. The third-order valence-electron chi connectivity index (χ3n) is 3.86. The predicted molar refractivity (Wildman–Crippen MR) is 108 cm³/mol. The summed E-state index contributed by atoms with van der Waals surface area (Å²) in [7, 11) is 0. The molecule has 0 spiro atoms. The van der Waals surface area contributed by atoms with Crippen molar-refractivity contribution in [2.24, 2.45) is 0 Å². The van der Waals surface area contributed by atoms with Gasteiger partial charge < -0.3 is 4.74 Å². The second-order valence-electron chi connectivity index (χ2n) is 5.60. The van der Waals surface area contributed by atoms with Crippen molar-refractivity contribution in [3.63, 3.8) is 0 Å². The average Bonchev–Trinajstić information content (AvgIpc) is 2.70. The van der Waals surface area contributed by atoms with E-state index < -0.39 is 0 Å². The van der Waals surface area contributed by atoms with Crippen molar-refractivity contribution in [3.8, 4) is 0 Å². The van der Waals surface area contributed by atoms with Crippen molar-refractivity contribution < 1.29 is 9.53 Å². The summed E-state index contributed by atoms with van der Waals surface area (Å²) in [6.45, 7) is 2.18. The molecule has 0 unspecified atom stereocenters. The van der Waals surface area contributed by atoms with Crippen LogP contribution in [0.4, 0.5) is 0 Å². The van der Waals surface area contributed by atoms with Gasteiger partial charge in [0.1, 0.15) is 0 Å². The maximum absolute atomic E-state index is 12.2. The number of carbonyl (C=O) groups excluding carboxylic acids is 1. The number of benzene rings is 3. The van der Waals surface area contributed by atoms with Gasteiger partial charge >= 0.3 is 5.97 Å². The van der Waals surface area contributed by atoms with Gasteiger partial charge in [-0.1, -0.05) is 84.6 Å². The Balaban J connectivity index is 1.97. The molecule has 3 aromatic carbocycles. The highest BCUT2D eigenvalue weighted by atomic mass is 32.2. The molecule has 26 heavy (non-hydrogen) atoms. The molecule has 0 aliphatic heterocycles. The first kappa shape index (κ1) is 18.0. The zero-order valence-corrected chi connectivity index (χ0v) is 15.4. The van der Waals surface area contributed by atoms with Gasteiger partial charge in [0.25, 0.3) is 0 Å². The van der Waals surface area contributed by atoms with E-state index in [-0.39, 0.29) is 5.97 Å². The average molecular weight is 360 g/mol. The Morgan fingerprint density at radius 2 is 1.38 bits per heavy atom. The van der Waals surface area contributed by atoms with Crippen LogP contribution in [0, 0.1) is 0 Å². The molecular weight excluding hydrogens is 340 g/mol. The number of carbonyl (C=O) groups is 1. The van der Waals surface area contributed by atoms with Crippen LogP contribution in [0.25, 0.3) is 5.57 Å². The zero-order valence-electron chi connectivity index (χ0n) is 14.6. The summed E-state index contributed by atoms with van der Waals surface area (Å²) in [5, 5.41) is 2.10. The van der Waals surface area contributed by atoms with Crippen molar-refractivity contribution in [1.29, 1.82) is 0 Å². The van der Waals surface area contributed by atoms with Crippen LogP contribution in [-0.2, 0) is 4.74 Å². The highest BCUT2D eigenvalue weighted by Gasteiger charge is 2.12. The van der Waals surface area contributed by atoms with Crippen LogP contribution in [0.5, 0.6) is 0 Å². The Bertz CT molecular complexity index is 845. The Hall–Kier alpha value is -2.78. The molecule has 0 amide bonds. The fraction of sp³-hybridized carbons (Fsp3) is 0.0870. The zero-order chi connectivity index (χ0) is 18.2. The van der Waals surface area contributed by atoms with Crippen LogP contribution in [0.1, 0.15) is 28.4 Å². The molecule has 0 N–H and O–H groups in total. The molecular formula is C23H20O2S. The number of ether oxygens (including phenoxy) is 1. The molecule has 2 nitrogen and oxygen atoms in total. The first-order valence-electron chi connectivity index (χ1n) is 8.53. The van der Waals surface area contributed by atoms with Crippen LogP contribution in [0.3, 0.4) is 0 Å². The quantitative estimate of drug-likeness (QED) is 0.396. The Labute approximate surface area is 158 Å². The molecule has 0 saturated heterocycles. The summed E-state index contributed by atoms with van der Waals surface area (Å²) in [5.41, 5.74) is 3.99. The monoisotopic (exact) mass is 360 g/mol. The Morgan fingerprint density at radius 1 is 0.846 bits per heavy atom. The summed E-state index contributed by atoms with van der Waals surface area (Å²) in [6.07, 6.45) is 0. The minimum Gasteiger partial charge on any atom is -0.462 e. The molecule has 3 rings (SSSR count). The molecule has 0 radical (unpaired) electrons. The fourth-order valence-corrected chi connectivity index (χ4v) is 3.56. The van der Waals surface area contributed by atoms with Gasteiger partial charge in [-0.25, -0.2) is 4.79 Å². The molecule has 3 heteroatoms. The van der Waals surface area contributed by atoms with E-state index in [1.165, 1.54) is 11.8 Å². The summed E-state index contributed by atoms with van der Waals surface area (Å²) in [6, 6.07) is 28.1. The third kappa shape index (κ3) is 4.44. The first-order valence-corrected chi connectivity index (χ1v) is 9.41. The predicted octanol–water partition coefficient (Wildman–Crippen LogP) is 6.04. The lowest BCUT2D eigenvalue weighted by atomic mass is 10.00. The van der Waals surface area contributed by atoms with Crippen LogP contribution < -0.4 is 0 Å². The second kappa shape index (κ2) is 9.07. The van der Waals surface area contributed by atoms with Crippen LogP contribution in [-0.4, -0.2) is 12.6 Å². The first-order chi connectivity index (χ1) is 12.8. The highest BCUT2D eigenvalue weighted by molar-refractivity contribution is 8.02. The number of esters is 1. The van der Waals surface area contributed by atoms with E-state index in [9.17, 15) is 4.79 Å². The van der Waals surface area contributed by atoms with Gasteiger partial charge in [-0.3, -0.25) is 0 Å². The fourth-order valence-electron chi connectivity index (χ4n) is 2.61. The Kier molecular flexibility index (Phi) is 6.29. The van der Waals surface area contributed by atoms with E-state index in [4.69, 9.17) is 4.74 Å². The Morgan fingerprint density at radius 3 is 1.96 bits per heavy atom. The van der Waals surface area contributed by atoms with Crippen molar-refractivity contribution >= 4 is 23.3 Å². The molecule has 0 heterocycles. The molecule has 0 fully saturated rings. The van der Waals surface area contributed by atoms with Crippen molar-refractivity contribution in [1.82, 2.24) is 0 Å². The lowest BCUT2D eigenvalue weighted by molar-refractivity contribution is 0.0522. The lowest BCUT2D eigenvalue weighted by Crippen LogP contribution is -2.05. The van der Waals surface area contributed by atoms with Crippen molar-refractivity contribution in [2.45, 2.75) is 11.8 Å². The normalized spacial score (nSPS) is 10.2. The van der Waals surface area contributed by atoms with E-state index in [1.54, 1.807) is 6.07 Å². The molecule has 130 valence electrons. The van der Waals surface area contributed by atoms with Gasteiger partial charge in [0.15, 0.2) is 0 Å². The van der Waals surface area contributed by atoms with E-state index in [0.717, 1.165) is 21.6 Å². The molecule has 0 saturated carbocycles. The van der Waals surface area contributed by atoms with Gasteiger partial charge in [-0.2, -0.15) is 0 Å². The molecule has 3 aromatic rings. The minimum atomic E-state index is -0.287. The number of hydrogen-bond donors (Lipinski definition) is 0. The topological polar surface area (TPSA) is 26.3 Å². The summed E-state index contributed by atoms with van der Waals surface area (Å²) < 4.78 is 5.17. The van der Waals surface area contributed by atoms with Crippen LogP contribution in [0.2, 0.25) is 0 Å². The van der Waals surface area contributed by atoms with Gasteiger partial charge in [0.2, 0.25) is 0 Å². The van der Waals surface area contributed by atoms with Crippen LogP contribution in [0.15, 0.2) is 95.2 Å². The van der Waals surface area contributed by atoms with Gasteiger partial charge in [0.05, 0.1) is 12.2 Å². The molecule has 0 aromatic heterocycles. The smallest absolute Gasteiger partial charge is 0.339 e. The summed E-state index contributed by atoms with van der Waals surface area (Å²) >= 11 is 1.54. The minimum absolute atomic E-state index is 0.287. The van der Waals surface area contributed by atoms with Crippen molar-refractivity contribution in [2.75, 3.05) is 6.61 Å². The van der Waals surface area contributed by atoms with Gasteiger partial charge in [0, 0.05) is 4.90 Å². The lowest BCUT2D eigenvalue weighted by Gasteiger charge is -2.10. The maximum atomic E-state index is 12.2. The van der Waals surface area contributed by atoms with Crippen molar-refractivity contribution in [3.05, 3.63) is 107 Å². The third-order valence-corrected chi connectivity index (χ3v) is 4.82. The van der Waals surface area contributed by atoms with E-state index in [1.807, 2.05) is 61.5 Å².